The van der Waals surface area contributed by atoms with Crippen molar-refractivity contribution in [2.24, 2.45) is 17.1 Å². The lowest BCUT2D eigenvalue weighted by atomic mass is 9.86. The summed E-state index contributed by atoms with van der Waals surface area (Å²) in [6.45, 7) is 11.2. The van der Waals surface area contributed by atoms with Crippen LogP contribution >= 0.6 is 0 Å². The third kappa shape index (κ3) is 5.87. The van der Waals surface area contributed by atoms with E-state index in [0.717, 1.165) is 19.0 Å². The lowest BCUT2D eigenvalue weighted by molar-refractivity contribution is 0.281. The van der Waals surface area contributed by atoms with Crippen LogP contribution < -0.4 is 11.1 Å². The van der Waals surface area contributed by atoms with E-state index in [9.17, 15) is 0 Å². The molecule has 0 aromatic carbocycles. The Morgan fingerprint density at radius 2 is 1.76 bits per heavy atom. The van der Waals surface area contributed by atoms with E-state index < -0.39 is 0 Å². The predicted octanol–water partition coefficient (Wildman–Crippen LogP) is 3.31. The lowest BCUT2D eigenvalue weighted by Crippen LogP contribution is -2.49. The summed E-state index contributed by atoms with van der Waals surface area (Å²) in [4.78, 5) is 0. The summed E-state index contributed by atoms with van der Waals surface area (Å²) in [5.41, 5.74) is 6.74. The van der Waals surface area contributed by atoms with Crippen molar-refractivity contribution in [2.45, 2.75) is 71.8 Å². The molecule has 102 valence electrons. The zero-order chi connectivity index (χ0) is 12.9. The van der Waals surface area contributed by atoms with Gasteiger partial charge in [-0.05, 0) is 37.5 Å². The summed E-state index contributed by atoms with van der Waals surface area (Å²) in [5.74, 6) is 0.762. The Kier molecular flexibility index (Phi) is 5.46. The second kappa shape index (κ2) is 6.19. The van der Waals surface area contributed by atoms with Crippen LogP contribution in [0.4, 0.5) is 0 Å². The van der Waals surface area contributed by atoms with Gasteiger partial charge in [0.2, 0.25) is 0 Å². The molecule has 0 spiro atoms. The molecule has 1 aliphatic rings. The molecule has 3 N–H and O–H groups in total. The number of unbranched alkanes of at least 4 members (excludes halogenated alkanes) is 2. The molecule has 1 fully saturated rings. The van der Waals surface area contributed by atoms with Crippen LogP contribution in [0, 0.1) is 11.3 Å². The quantitative estimate of drug-likeness (QED) is 0.607. The van der Waals surface area contributed by atoms with E-state index in [0.29, 0.717) is 5.41 Å². The number of nitrogens with two attached hydrogens (primary N) is 1. The summed E-state index contributed by atoms with van der Waals surface area (Å²) >= 11 is 0. The summed E-state index contributed by atoms with van der Waals surface area (Å²) in [6.07, 6.45) is 8.00. The zero-order valence-electron chi connectivity index (χ0n) is 12.3. The summed E-state index contributed by atoms with van der Waals surface area (Å²) in [6, 6.07) is 0. The molecule has 0 bridgehead atoms. The fourth-order valence-corrected chi connectivity index (χ4v) is 2.50. The molecule has 1 saturated carbocycles. The highest BCUT2D eigenvalue weighted by Gasteiger charge is 2.38. The van der Waals surface area contributed by atoms with Crippen LogP contribution in [0.25, 0.3) is 0 Å². The highest BCUT2D eigenvalue weighted by molar-refractivity contribution is 4.96. The van der Waals surface area contributed by atoms with Crippen molar-refractivity contribution in [3.63, 3.8) is 0 Å². The summed E-state index contributed by atoms with van der Waals surface area (Å²) < 4.78 is 0. The molecule has 0 amide bonds. The molecule has 0 heterocycles. The molecule has 0 aromatic heterocycles. The van der Waals surface area contributed by atoms with Gasteiger partial charge in [-0.1, -0.05) is 40.0 Å². The van der Waals surface area contributed by atoms with Gasteiger partial charge in [-0.3, -0.25) is 0 Å². The third-order valence-electron chi connectivity index (χ3n) is 4.08. The van der Waals surface area contributed by atoms with Crippen molar-refractivity contribution in [1.82, 2.24) is 5.32 Å². The van der Waals surface area contributed by atoms with Gasteiger partial charge in [0.05, 0.1) is 0 Å². The van der Waals surface area contributed by atoms with Gasteiger partial charge in [0, 0.05) is 18.6 Å². The average Bonchev–Trinajstić information content (AvgIpc) is 3.00. The van der Waals surface area contributed by atoms with Gasteiger partial charge < -0.3 is 11.1 Å². The molecule has 2 nitrogen and oxygen atoms in total. The highest BCUT2D eigenvalue weighted by atomic mass is 14.9. The molecule has 1 atom stereocenters. The van der Waals surface area contributed by atoms with Gasteiger partial charge in [-0.25, -0.2) is 0 Å². The van der Waals surface area contributed by atoms with E-state index in [-0.39, 0.29) is 5.54 Å². The van der Waals surface area contributed by atoms with Crippen LogP contribution in [0.1, 0.15) is 66.2 Å². The molecule has 1 unspecified atom stereocenters. The molecule has 2 heteroatoms. The summed E-state index contributed by atoms with van der Waals surface area (Å²) in [7, 11) is 0. The van der Waals surface area contributed by atoms with Gasteiger partial charge in [-0.15, -0.1) is 0 Å². The Morgan fingerprint density at radius 1 is 1.12 bits per heavy atom. The van der Waals surface area contributed by atoms with Crippen molar-refractivity contribution in [1.29, 1.82) is 0 Å². The Labute approximate surface area is 108 Å². The Balaban J connectivity index is 2.15. The van der Waals surface area contributed by atoms with Crippen LogP contribution in [0.3, 0.4) is 0 Å². The smallest absolute Gasteiger partial charge is 0.0280 e. The normalized spacial score (nSPS) is 20.3. The number of rotatable bonds is 9. The number of hydrogen-bond donors (Lipinski definition) is 2. The predicted molar refractivity (Wildman–Crippen MR) is 76.1 cm³/mol. The van der Waals surface area contributed by atoms with E-state index >= 15 is 0 Å². The van der Waals surface area contributed by atoms with Gasteiger partial charge >= 0.3 is 0 Å². The minimum absolute atomic E-state index is 0.0134. The van der Waals surface area contributed by atoms with Gasteiger partial charge in [0.25, 0.3) is 0 Å². The Hall–Kier alpha value is -0.0800. The molecule has 1 aliphatic carbocycles. The monoisotopic (exact) mass is 240 g/mol. The molecule has 0 aliphatic heterocycles. The Bertz CT molecular complexity index is 217. The number of hydrogen-bond acceptors (Lipinski definition) is 2. The van der Waals surface area contributed by atoms with Gasteiger partial charge in [0.15, 0.2) is 0 Å². The van der Waals surface area contributed by atoms with Crippen molar-refractivity contribution in [2.75, 3.05) is 13.1 Å². The minimum Gasteiger partial charge on any atom is -0.324 e. The van der Waals surface area contributed by atoms with Crippen LogP contribution in [0.2, 0.25) is 0 Å². The molecule has 0 radical (unpaired) electrons. The summed E-state index contributed by atoms with van der Waals surface area (Å²) in [5, 5.41) is 3.59. The SMILES string of the molecule is CCCCCC(C)(C)CNCC(C)(N)C1CC1. The maximum absolute atomic E-state index is 6.31. The zero-order valence-corrected chi connectivity index (χ0v) is 12.3. The van der Waals surface area contributed by atoms with Crippen molar-refractivity contribution in [3.05, 3.63) is 0 Å². The molecular formula is C15H32N2. The average molecular weight is 240 g/mol. The van der Waals surface area contributed by atoms with Crippen LogP contribution in [-0.2, 0) is 0 Å². The Morgan fingerprint density at radius 3 is 2.29 bits per heavy atom. The third-order valence-corrected chi connectivity index (χ3v) is 4.08. The highest BCUT2D eigenvalue weighted by Crippen LogP contribution is 2.37. The van der Waals surface area contributed by atoms with Crippen LogP contribution in [-0.4, -0.2) is 18.6 Å². The van der Waals surface area contributed by atoms with Crippen molar-refractivity contribution < 1.29 is 0 Å². The lowest BCUT2D eigenvalue weighted by Gasteiger charge is -2.30. The van der Waals surface area contributed by atoms with Crippen LogP contribution in [0.15, 0.2) is 0 Å². The number of nitrogens with one attached hydrogen (secondary N) is 1. The largest absolute Gasteiger partial charge is 0.324 e. The first-order valence-corrected chi connectivity index (χ1v) is 7.37. The second-order valence-corrected chi connectivity index (χ2v) is 7.00. The topological polar surface area (TPSA) is 38.0 Å². The van der Waals surface area contributed by atoms with Crippen LogP contribution in [0.5, 0.6) is 0 Å². The fraction of sp³-hybridized carbons (Fsp3) is 1.00. The fourth-order valence-electron chi connectivity index (χ4n) is 2.50. The van der Waals surface area contributed by atoms with E-state index in [4.69, 9.17) is 5.73 Å². The van der Waals surface area contributed by atoms with Gasteiger partial charge in [-0.2, -0.15) is 0 Å². The molecule has 0 saturated heterocycles. The standard InChI is InChI=1S/C15H32N2/c1-5-6-7-10-14(2,3)11-17-12-15(4,16)13-8-9-13/h13,17H,5-12,16H2,1-4H3. The molecular weight excluding hydrogens is 208 g/mol. The van der Waals surface area contributed by atoms with E-state index in [1.54, 1.807) is 0 Å². The first-order valence-electron chi connectivity index (χ1n) is 7.37. The van der Waals surface area contributed by atoms with E-state index in [1.165, 1.54) is 38.5 Å². The first-order chi connectivity index (χ1) is 7.87. The second-order valence-electron chi connectivity index (χ2n) is 7.00. The maximum Gasteiger partial charge on any atom is 0.0280 e. The van der Waals surface area contributed by atoms with Crippen molar-refractivity contribution in [3.8, 4) is 0 Å². The minimum atomic E-state index is 0.0134. The van der Waals surface area contributed by atoms with E-state index in [1.807, 2.05) is 0 Å². The molecule has 0 aromatic rings. The maximum atomic E-state index is 6.31. The van der Waals surface area contributed by atoms with E-state index in [2.05, 4.69) is 33.0 Å². The first kappa shape index (κ1) is 15.0. The van der Waals surface area contributed by atoms with Gasteiger partial charge in [0.1, 0.15) is 0 Å². The molecule has 1 rings (SSSR count). The van der Waals surface area contributed by atoms with Crippen molar-refractivity contribution >= 4 is 0 Å². The molecule has 17 heavy (non-hydrogen) atoms.